The molecule has 0 saturated carbocycles. The van der Waals surface area contributed by atoms with E-state index in [2.05, 4.69) is 15.6 Å². The normalized spacial score (nSPS) is 13.9. The summed E-state index contributed by atoms with van der Waals surface area (Å²) < 4.78 is 0. The zero-order chi connectivity index (χ0) is 18.7. The van der Waals surface area contributed by atoms with E-state index in [0.29, 0.717) is 24.6 Å². The number of benzene rings is 1. The van der Waals surface area contributed by atoms with Crippen LogP contribution in [0.1, 0.15) is 17.3 Å². The molecule has 3 rings (SSSR count). The van der Waals surface area contributed by atoms with Gasteiger partial charge < -0.3 is 15.5 Å². The van der Waals surface area contributed by atoms with Gasteiger partial charge in [-0.15, -0.1) is 0 Å². The van der Waals surface area contributed by atoms with Gasteiger partial charge in [-0.2, -0.15) is 0 Å². The smallest absolute Gasteiger partial charge is 0.293 e. The minimum Gasteiger partial charge on any atom is -0.353 e. The second-order valence-corrected chi connectivity index (χ2v) is 5.85. The van der Waals surface area contributed by atoms with Gasteiger partial charge in [0, 0.05) is 24.7 Å². The average molecular weight is 355 g/mol. The van der Waals surface area contributed by atoms with E-state index in [1.807, 2.05) is 4.90 Å². The number of Topliss-reactive ketones (excluding diaryl/α,β-unsaturated/α-hetero) is 1. The molecule has 0 aliphatic carbocycles. The fraction of sp³-hybridized carbons (Fsp3) is 0.235. The maximum absolute atomic E-state index is 11.5. The van der Waals surface area contributed by atoms with Crippen molar-refractivity contribution in [1.29, 1.82) is 0 Å². The molecule has 0 spiro atoms. The first-order chi connectivity index (χ1) is 12.4. The lowest BCUT2D eigenvalue weighted by Gasteiger charge is -2.27. The summed E-state index contributed by atoms with van der Waals surface area (Å²) in [5, 5.41) is 17.0. The van der Waals surface area contributed by atoms with Crippen LogP contribution < -0.4 is 15.5 Å². The minimum atomic E-state index is -0.539. The zero-order valence-electron chi connectivity index (χ0n) is 14.1. The Balaban J connectivity index is 1.80. The molecule has 26 heavy (non-hydrogen) atoms. The van der Waals surface area contributed by atoms with Crippen LogP contribution in [0.15, 0.2) is 36.5 Å². The topological polar surface area (TPSA) is 117 Å². The molecule has 1 fully saturated rings. The summed E-state index contributed by atoms with van der Waals surface area (Å²) in [5.41, 5.74) is 0.925. The molecule has 2 N–H and O–H groups in total. The maximum Gasteiger partial charge on any atom is 0.293 e. The summed E-state index contributed by atoms with van der Waals surface area (Å²) in [5.74, 6) is 0.365. The van der Waals surface area contributed by atoms with Gasteiger partial charge in [0.25, 0.3) is 5.69 Å². The Morgan fingerprint density at radius 3 is 2.77 bits per heavy atom. The molecule has 9 heteroatoms. The predicted molar refractivity (Wildman–Crippen MR) is 95.8 cm³/mol. The van der Waals surface area contributed by atoms with Crippen LogP contribution in [0.3, 0.4) is 0 Å². The molecule has 9 nitrogen and oxygen atoms in total. The lowest BCUT2D eigenvalue weighted by Crippen LogP contribution is -2.48. The molecule has 1 aromatic carbocycles. The molecule has 1 aliphatic rings. The first-order valence-corrected chi connectivity index (χ1v) is 7.98. The number of nitrogens with one attached hydrogen (secondary N) is 2. The Labute approximate surface area is 149 Å². The third-order valence-corrected chi connectivity index (χ3v) is 3.99. The largest absolute Gasteiger partial charge is 0.353 e. The zero-order valence-corrected chi connectivity index (χ0v) is 14.1. The van der Waals surface area contributed by atoms with Crippen LogP contribution in [-0.2, 0) is 4.79 Å². The number of hydrogen-bond acceptors (Lipinski definition) is 7. The Morgan fingerprint density at radius 2 is 2.15 bits per heavy atom. The van der Waals surface area contributed by atoms with Crippen LogP contribution in [0.4, 0.5) is 22.9 Å². The van der Waals surface area contributed by atoms with Crippen molar-refractivity contribution in [1.82, 2.24) is 10.3 Å². The van der Waals surface area contributed by atoms with E-state index in [-0.39, 0.29) is 35.2 Å². The molecule has 1 aromatic heterocycles. The molecule has 1 amide bonds. The van der Waals surface area contributed by atoms with Gasteiger partial charge in [-0.3, -0.25) is 19.7 Å². The number of pyridine rings is 1. The minimum absolute atomic E-state index is 0.0542. The Kier molecular flexibility index (Phi) is 4.78. The summed E-state index contributed by atoms with van der Waals surface area (Å²) >= 11 is 0. The maximum atomic E-state index is 11.5. The van der Waals surface area contributed by atoms with Crippen LogP contribution in [0.5, 0.6) is 0 Å². The van der Waals surface area contributed by atoms with E-state index in [9.17, 15) is 19.7 Å². The summed E-state index contributed by atoms with van der Waals surface area (Å²) in [7, 11) is 0. The highest BCUT2D eigenvalue weighted by Gasteiger charge is 2.18. The van der Waals surface area contributed by atoms with E-state index in [1.54, 1.807) is 18.3 Å². The first kappa shape index (κ1) is 17.3. The lowest BCUT2D eigenvalue weighted by molar-refractivity contribution is -0.383. The third-order valence-electron chi connectivity index (χ3n) is 3.99. The quantitative estimate of drug-likeness (QED) is 0.477. The van der Waals surface area contributed by atoms with E-state index in [0.717, 1.165) is 0 Å². The molecule has 2 heterocycles. The van der Waals surface area contributed by atoms with Gasteiger partial charge in [0.2, 0.25) is 5.91 Å². The number of rotatable bonds is 5. The van der Waals surface area contributed by atoms with Crippen molar-refractivity contribution in [2.24, 2.45) is 0 Å². The fourth-order valence-electron chi connectivity index (χ4n) is 2.64. The Bertz CT molecular complexity index is 866. The molecule has 2 aromatic rings. The Morgan fingerprint density at radius 1 is 1.35 bits per heavy atom. The van der Waals surface area contributed by atoms with Crippen LogP contribution in [0.2, 0.25) is 0 Å². The summed E-state index contributed by atoms with van der Waals surface area (Å²) in [6.45, 7) is 2.84. The van der Waals surface area contributed by atoms with Gasteiger partial charge >= 0.3 is 0 Å². The van der Waals surface area contributed by atoms with Gasteiger partial charge in [-0.05, 0) is 31.2 Å². The number of hydrogen-bond donors (Lipinski definition) is 2. The molecule has 1 saturated heterocycles. The predicted octanol–water partition coefficient (Wildman–Crippen LogP) is 1.87. The molecular formula is C17H17N5O4. The highest BCUT2D eigenvalue weighted by Crippen LogP contribution is 2.29. The highest BCUT2D eigenvalue weighted by molar-refractivity contribution is 5.95. The van der Waals surface area contributed by atoms with Crippen molar-refractivity contribution in [2.75, 3.05) is 29.9 Å². The number of carbonyl (C=O) groups is 2. The molecule has 0 atom stereocenters. The number of anilines is 3. The standard InChI is InChI=1S/C17H17N5O4/c1-11(23)12-2-4-14(15(8-12)22(25)26)20-13-3-5-16(19-9-13)21-7-6-18-17(24)10-21/h2-5,8-9,20H,6-7,10H2,1H3,(H,18,24). The SMILES string of the molecule is CC(=O)c1ccc(Nc2ccc(N3CCNC(=O)C3)nc2)c([N+](=O)[O-])c1. The number of nitro groups is 1. The molecule has 0 radical (unpaired) electrons. The van der Waals surface area contributed by atoms with Crippen LogP contribution >= 0.6 is 0 Å². The van der Waals surface area contributed by atoms with E-state index in [4.69, 9.17) is 0 Å². The van der Waals surface area contributed by atoms with Crippen molar-refractivity contribution in [3.63, 3.8) is 0 Å². The van der Waals surface area contributed by atoms with Gasteiger partial charge in [-0.25, -0.2) is 4.98 Å². The van der Waals surface area contributed by atoms with Crippen molar-refractivity contribution >= 4 is 34.6 Å². The van der Waals surface area contributed by atoms with E-state index >= 15 is 0 Å². The summed E-state index contributed by atoms with van der Waals surface area (Å²) in [6.07, 6.45) is 1.55. The van der Waals surface area contributed by atoms with Gasteiger partial charge in [0.05, 0.1) is 23.4 Å². The van der Waals surface area contributed by atoms with Crippen LogP contribution in [-0.4, -0.2) is 41.2 Å². The first-order valence-electron chi connectivity index (χ1n) is 7.98. The molecular weight excluding hydrogens is 338 g/mol. The summed E-state index contributed by atoms with van der Waals surface area (Å²) in [4.78, 5) is 39.8. The number of carbonyl (C=O) groups excluding carboxylic acids is 2. The number of nitro benzene ring substituents is 1. The third kappa shape index (κ3) is 3.77. The fourth-order valence-corrected chi connectivity index (χ4v) is 2.64. The summed E-state index contributed by atoms with van der Waals surface area (Å²) in [6, 6.07) is 7.76. The number of nitrogens with zero attached hydrogens (tertiary/aromatic N) is 3. The molecule has 134 valence electrons. The second-order valence-electron chi connectivity index (χ2n) is 5.85. The monoisotopic (exact) mass is 355 g/mol. The van der Waals surface area contributed by atoms with Gasteiger partial charge in [-0.1, -0.05) is 0 Å². The van der Waals surface area contributed by atoms with Crippen molar-refractivity contribution < 1.29 is 14.5 Å². The van der Waals surface area contributed by atoms with Gasteiger partial charge in [0.15, 0.2) is 5.78 Å². The number of ketones is 1. The van der Waals surface area contributed by atoms with E-state index in [1.165, 1.54) is 25.1 Å². The van der Waals surface area contributed by atoms with Crippen molar-refractivity contribution in [3.05, 3.63) is 52.2 Å². The molecule has 0 bridgehead atoms. The lowest BCUT2D eigenvalue weighted by atomic mass is 10.1. The number of aromatic nitrogens is 1. The Hall–Kier alpha value is -3.49. The molecule has 1 aliphatic heterocycles. The molecule has 0 unspecified atom stereocenters. The number of piperazine rings is 1. The average Bonchev–Trinajstić information content (AvgIpc) is 2.62. The highest BCUT2D eigenvalue weighted by atomic mass is 16.6. The van der Waals surface area contributed by atoms with E-state index < -0.39 is 4.92 Å². The van der Waals surface area contributed by atoms with Gasteiger partial charge in [0.1, 0.15) is 11.5 Å². The van der Waals surface area contributed by atoms with Crippen LogP contribution in [0, 0.1) is 10.1 Å². The van der Waals surface area contributed by atoms with Crippen LogP contribution in [0.25, 0.3) is 0 Å². The van der Waals surface area contributed by atoms with Crippen molar-refractivity contribution in [3.8, 4) is 0 Å². The second kappa shape index (κ2) is 7.18. The van der Waals surface area contributed by atoms with Crippen molar-refractivity contribution in [2.45, 2.75) is 6.92 Å². The number of amides is 1.